The SMILES string of the molecule is CCOc1ccc(C(C)NC(=O)C2CC(=O)N(c3ccc4c(c3)OCCO4)C2)cc1OCC. The van der Waals surface area contributed by atoms with Crippen LogP contribution in [0.4, 0.5) is 5.69 Å². The normalized spacial score (nSPS) is 18.1. The van der Waals surface area contributed by atoms with Crippen molar-refractivity contribution in [1.82, 2.24) is 5.32 Å². The molecule has 33 heavy (non-hydrogen) atoms. The van der Waals surface area contributed by atoms with Crippen LogP contribution >= 0.6 is 0 Å². The van der Waals surface area contributed by atoms with Crippen molar-refractivity contribution in [2.45, 2.75) is 33.2 Å². The van der Waals surface area contributed by atoms with Crippen LogP contribution in [-0.2, 0) is 9.59 Å². The molecule has 0 saturated carbocycles. The molecule has 0 spiro atoms. The van der Waals surface area contributed by atoms with Crippen molar-refractivity contribution in [2.75, 3.05) is 37.9 Å². The van der Waals surface area contributed by atoms with Crippen LogP contribution in [0.1, 0.15) is 38.8 Å². The fraction of sp³-hybridized carbons (Fsp3) is 0.440. The minimum Gasteiger partial charge on any atom is -0.490 e. The molecule has 8 nitrogen and oxygen atoms in total. The highest BCUT2D eigenvalue weighted by Gasteiger charge is 2.36. The van der Waals surface area contributed by atoms with E-state index < -0.39 is 5.92 Å². The number of amides is 2. The van der Waals surface area contributed by atoms with Gasteiger partial charge in [-0.05, 0) is 50.6 Å². The molecule has 2 aromatic rings. The summed E-state index contributed by atoms with van der Waals surface area (Å²) in [6.45, 7) is 8.12. The number of nitrogens with zero attached hydrogens (tertiary/aromatic N) is 1. The van der Waals surface area contributed by atoms with E-state index in [1.165, 1.54) is 0 Å². The molecule has 8 heteroatoms. The van der Waals surface area contributed by atoms with Gasteiger partial charge in [-0.25, -0.2) is 0 Å². The Morgan fingerprint density at radius 2 is 1.79 bits per heavy atom. The molecule has 2 amide bonds. The first-order valence-electron chi connectivity index (χ1n) is 11.4. The van der Waals surface area contributed by atoms with Gasteiger partial charge in [-0.3, -0.25) is 9.59 Å². The summed E-state index contributed by atoms with van der Waals surface area (Å²) in [7, 11) is 0. The van der Waals surface area contributed by atoms with Crippen LogP contribution in [0.3, 0.4) is 0 Å². The van der Waals surface area contributed by atoms with E-state index in [2.05, 4.69) is 5.32 Å². The third kappa shape index (κ3) is 4.99. The Bertz CT molecular complexity index is 1020. The van der Waals surface area contributed by atoms with Crippen molar-refractivity contribution in [1.29, 1.82) is 0 Å². The monoisotopic (exact) mass is 454 g/mol. The van der Waals surface area contributed by atoms with Crippen LogP contribution in [0.15, 0.2) is 36.4 Å². The van der Waals surface area contributed by atoms with Gasteiger partial charge in [0.2, 0.25) is 11.8 Å². The van der Waals surface area contributed by atoms with Crippen LogP contribution in [0.5, 0.6) is 23.0 Å². The van der Waals surface area contributed by atoms with E-state index in [-0.39, 0.29) is 24.3 Å². The number of carbonyl (C=O) groups is 2. The maximum absolute atomic E-state index is 13.0. The zero-order chi connectivity index (χ0) is 23.4. The number of carbonyl (C=O) groups excluding carboxylic acids is 2. The van der Waals surface area contributed by atoms with Gasteiger partial charge in [0, 0.05) is 24.7 Å². The van der Waals surface area contributed by atoms with Gasteiger partial charge in [0.1, 0.15) is 13.2 Å². The summed E-state index contributed by atoms with van der Waals surface area (Å²) < 4.78 is 22.5. The van der Waals surface area contributed by atoms with Gasteiger partial charge in [0.25, 0.3) is 0 Å². The maximum Gasteiger partial charge on any atom is 0.227 e. The van der Waals surface area contributed by atoms with Crippen molar-refractivity contribution < 1.29 is 28.5 Å². The van der Waals surface area contributed by atoms with Crippen LogP contribution < -0.4 is 29.2 Å². The Balaban J connectivity index is 1.42. The molecule has 0 aromatic heterocycles. The Morgan fingerprint density at radius 1 is 1.06 bits per heavy atom. The van der Waals surface area contributed by atoms with Gasteiger partial charge in [0.15, 0.2) is 23.0 Å². The lowest BCUT2D eigenvalue weighted by molar-refractivity contribution is -0.126. The summed E-state index contributed by atoms with van der Waals surface area (Å²) in [5.41, 5.74) is 1.61. The molecule has 2 aliphatic rings. The third-order valence-corrected chi connectivity index (χ3v) is 5.76. The van der Waals surface area contributed by atoms with Crippen LogP contribution in [0, 0.1) is 5.92 Å². The van der Waals surface area contributed by atoms with Crippen molar-refractivity contribution in [3.63, 3.8) is 0 Å². The van der Waals surface area contributed by atoms with E-state index in [0.29, 0.717) is 61.7 Å². The predicted octanol–water partition coefficient (Wildman–Crippen LogP) is 3.49. The fourth-order valence-corrected chi connectivity index (χ4v) is 4.08. The van der Waals surface area contributed by atoms with Gasteiger partial charge in [-0.1, -0.05) is 6.07 Å². The number of anilines is 1. The van der Waals surface area contributed by atoms with Crippen molar-refractivity contribution in [2.24, 2.45) is 5.92 Å². The van der Waals surface area contributed by atoms with Gasteiger partial charge in [-0.15, -0.1) is 0 Å². The summed E-state index contributed by atoms with van der Waals surface area (Å²) in [4.78, 5) is 27.3. The lowest BCUT2D eigenvalue weighted by atomic mass is 10.0. The topological polar surface area (TPSA) is 86.3 Å². The lowest BCUT2D eigenvalue weighted by Crippen LogP contribution is -2.34. The minimum absolute atomic E-state index is 0.0841. The molecule has 2 aliphatic heterocycles. The second-order valence-electron chi connectivity index (χ2n) is 8.04. The highest BCUT2D eigenvalue weighted by Crippen LogP contribution is 2.36. The van der Waals surface area contributed by atoms with Crippen molar-refractivity contribution >= 4 is 17.5 Å². The van der Waals surface area contributed by atoms with Crippen LogP contribution in [0.25, 0.3) is 0 Å². The highest BCUT2D eigenvalue weighted by atomic mass is 16.6. The number of rotatable bonds is 8. The molecule has 1 saturated heterocycles. The highest BCUT2D eigenvalue weighted by molar-refractivity contribution is 6.00. The standard InChI is InChI=1S/C25H30N2O6/c1-4-30-20-8-6-17(12-22(20)31-5-2)16(3)26-25(29)18-13-24(28)27(15-18)19-7-9-21-23(14-19)33-11-10-32-21/h6-9,12,14,16,18H,4-5,10-11,13,15H2,1-3H3,(H,26,29). The van der Waals surface area contributed by atoms with Crippen molar-refractivity contribution in [3.8, 4) is 23.0 Å². The molecular weight excluding hydrogens is 424 g/mol. The first-order valence-corrected chi connectivity index (χ1v) is 11.4. The Kier molecular flexibility index (Phi) is 6.91. The Labute approximate surface area is 193 Å². The van der Waals surface area contributed by atoms with Crippen LogP contribution in [0.2, 0.25) is 0 Å². The zero-order valence-electron chi connectivity index (χ0n) is 19.3. The number of ether oxygens (including phenoxy) is 4. The fourth-order valence-electron chi connectivity index (χ4n) is 4.08. The van der Waals surface area contributed by atoms with E-state index in [1.807, 2.05) is 45.0 Å². The molecule has 1 fully saturated rings. The molecule has 0 aliphatic carbocycles. The molecule has 1 N–H and O–H groups in total. The predicted molar refractivity (Wildman–Crippen MR) is 123 cm³/mol. The summed E-state index contributed by atoms with van der Waals surface area (Å²) in [6.07, 6.45) is 0.167. The molecule has 4 rings (SSSR count). The number of fused-ring (bicyclic) bond motifs is 1. The molecule has 2 aromatic carbocycles. The average Bonchev–Trinajstić information content (AvgIpc) is 3.22. The molecular formula is C25H30N2O6. The van der Waals surface area contributed by atoms with E-state index >= 15 is 0 Å². The second-order valence-corrected chi connectivity index (χ2v) is 8.04. The summed E-state index contributed by atoms with van der Waals surface area (Å²) in [5.74, 6) is 1.95. The number of nitrogens with one attached hydrogen (secondary N) is 1. The number of hydrogen-bond acceptors (Lipinski definition) is 6. The summed E-state index contributed by atoms with van der Waals surface area (Å²) in [5, 5.41) is 3.04. The molecule has 0 bridgehead atoms. The Hall–Kier alpha value is -3.42. The first kappa shape index (κ1) is 22.8. The minimum atomic E-state index is -0.429. The first-order chi connectivity index (χ1) is 16.0. The van der Waals surface area contributed by atoms with Gasteiger partial charge < -0.3 is 29.2 Å². The maximum atomic E-state index is 13.0. The lowest BCUT2D eigenvalue weighted by Gasteiger charge is -2.22. The van der Waals surface area contributed by atoms with Gasteiger partial charge in [0.05, 0.1) is 25.2 Å². The number of benzene rings is 2. The second kappa shape index (κ2) is 10.0. The molecule has 176 valence electrons. The van der Waals surface area contributed by atoms with E-state index in [4.69, 9.17) is 18.9 Å². The van der Waals surface area contributed by atoms with Gasteiger partial charge in [-0.2, -0.15) is 0 Å². The quantitative estimate of drug-likeness (QED) is 0.657. The average molecular weight is 455 g/mol. The molecule has 0 radical (unpaired) electrons. The van der Waals surface area contributed by atoms with E-state index in [0.717, 1.165) is 5.56 Å². The smallest absolute Gasteiger partial charge is 0.227 e. The molecule has 2 atom stereocenters. The largest absolute Gasteiger partial charge is 0.490 e. The number of hydrogen-bond donors (Lipinski definition) is 1. The summed E-state index contributed by atoms with van der Waals surface area (Å²) in [6, 6.07) is 10.8. The zero-order valence-corrected chi connectivity index (χ0v) is 19.3. The third-order valence-electron chi connectivity index (χ3n) is 5.76. The van der Waals surface area contributed by atoms with Gasteiger partial charge >= 0.3 is 0 Å². The van der Waals surface area contributed by atoms with Crippen LogP contribution in [-0.4, -0.2) is 44.8 Å². The van der Waals surface area contributed by atoms with Crippen molar-refractivity contribution in [3.05, 3.63) is 42.0 Å². The van der Waals surface area contributed by atoms with E-state index in [9.17, 15) is 9.59 Å². The van der Waals surface area contributed by atoms with E-state index in [1.54, 1.807) is 17.0 Å². The molecule has 2 heterocycles. The Morgan fingerprint density at radius 3 is 2.55 bits per heavy atom. The molecule has 2 unspecified atom stereocenters. The summed E-state index contributed by atoms with van der Waals surface area (Å²) >= 11 is 0.